The molecule has 15 heavy (non-hydrogen) atoms. The lowest BCUT2D eigenvalue weighted by atomic mass is 10.2. The molecule has 0 aliphatic rings. The van der Waals surface area contributed by atoms with Gasteiger partial charge in [0.15, 0.2) is 11.5 Å². The van der Waals surface area contributed by atoms with Crippen molar-refractivity contribution in [2.75, 3.05) is 0 Å². The number of nitrogens with zero attached hydrogens (tertiary/aromatic N) is 1. The van der Waals surface area contributed by atoms with Gasteiger partial charge in [-0.05, 0) is 6.07 Å². The minimum atomic E-state index is -1.03. The molecule has 78 valence electrons. The first-order valence-electron chi connectivity index (χ1n) is 4.34. The van der Waals surface area contributed by atoms with Crippen molar-refractivity contribution in [2.24, 2.45) is 7.05 Å². The number of carboxylic acid groups (broad SMARTS) is 1. The smallest absolute Gasteiger partial charge is 0.338 e. The lowest BCUT2D eigenvalue weighted by Gasteiger charge is -1.90. The quantitative estimate of drug-likeness (QED) is 0.760. The van der Waals surface area contributed by atoms with Crippen LogP contribution in [0.2, 0.25) is 0 Å². The van der Waals surface area contributed by atoms with Crippen molar-refractivity contribution >= 4 is 22.9 Å². The molecule has 1 N–H and O–H groups in total. The molecule has 0 aliphatic carbocycles. The number of rotatable bonds is 2. The summed E-state index contributed by atoms with van der Waals surface area (Å²) in [7, 11) is 1.67. The molecule has 0 unspecified atom stereocenters. The van der Waals surface area contributed by atoms with E-state index < -0.39 is 5.97 Å². The number of aryl methyl sites for hydroxylation is 1. The van der Waals surface area contributed by atoms with Crippen LogP contribution in [0.1, 0.15) is 27.8 Å². The summed E-state index contributed by atoms with van der Waals surface area (Å²) in [5.74, 6) is -1.07. The van der Waals surface area contributed by atoms with Gasteiger partial charge in [0.05, 0.1) is 10.9 Å². The highest BCUT2D eigenvalue weighted by Gasteiger charge is 2.18. The Morgan fingerprint density at radius 2 is 2.13 bits per heavy atom. The van der Waals surface area contributed by atoms with E-state index >= 15 is 0 Å². The van der Waals surface area contributed by atoms with Crippen LogP contribution in [0.4, 0.5) is 0 Å². The molecule has 2 aromatic rings. The van der Waals surface area contributed by atoms with E-state index in [4.69, 9.17) is 9.52 Å². The summed E-state index contributed by atoms with van der Waals surface area (Å²) >= 11 is 0. The molecular formula is C10H9NO4. The van der Waals surface area contributed by atoms with Crippen molar-refractivity contribution in [1.29, 1.82) is 0 Å². The van der Waals surface area contributed by atoms with Crippen LogP contribution in [0.25, 0.3) is 11.1 Å². The predicted octanol–water partition coefficient (Wildman–Crippen LogP) is 1.67. The van der Waals surface area contributed by atoms with Gasteiger partial charge in [0.1, 0.15) is 0 Å². The van der Waals surface area contributed by atoms with E-state index in [1.54, 1.807) is 11.6 Å². The zero-order valence-corrected chi connectivity index (χ0v) is 8.27. The van der Waals surface area contributed by atoms with Crippen LogP contribution in [-0.2, 0) is 7.05 Å². The Hall–Kier alpha value is -2.04. The standard InChI is InChI=1S/C10H9NO4/c1-5(12)8-3-6-7(10(13)14)4-11(2)9(6)15-8/h3-4H,1-2H3,(H,13,14). The number of hydrogen-bond acceptors (Lipinski definition) is 3. The third-order valence-corrected chi connectivity index (χ3v) is 2.22. The van der Waals surface area contributed by atoms with Crippen molar-refractivity contribution in [3.05, 3.63) is 23.6 Å². The molecule has 2 rings (SSSR count). The van der Waals surface area contributed by atoms with Gasteiger partial charge in [0.2, 0.25) is 5.71 Å². The average molecular weight is 207 g/mol. The molecule has 0 saturated heterocycles. The van der Waals surface area contributed by atoms with Crippen LogP contribution in [-0.4, -0.2) is 21.4 Å². The molecule has 0 spiro atoms. The molecule has 2 aromatic heterocycles. The highest BCUT2D eigenvalue weighted by atomic mass is 16.4. The van der Waals surface area contributed by atoms with Gasteiger partial charge in [-0.1, -0.05) is 0 Å². The maximum Gasteiger partial charge on any atom is 0.338 e. The molecule has 0 saturated carbocycles. The number of aromatic nitrogens is 1. The van der Waals surface area contributed by atoms with E-state index in [0.29, 0.717) is 11.1 Å². The van der Waals surface area contributed by atoms with Crippen LogP contribution >= 0.6 is 0 Å². The van der Waals surface area contributed by atoms with E-state index in [1.165, 1.54) is 19.2 Å². The van der Waals surface area contributed by atoms with Gasteiger partial charge < -0.3 is 14.1 Å². The largest absolute Gasteiger partial charge is 0.478 e. The monoisotopic (exact) mass is 207 g/mol. The third-order valence-electron chi connectivity index (χ3n) is 2.22. The Labute approximate surface area is 84.9 Å². The van der Waals surface area contributed by atoms with E-state index in [2.05, 4.69) is 0 Å². The minimum Gasteiger partial charge on any atom is -0.478 e. The second kappa shape index (κ2) is 2.98. The summed E-state index contributed by atoms with van der Waals surface area (Å²) < 4.78 is 6.79. The molecule has 0 atom stereocenters. The van der Waals surface area contributed by atoms with Crippen LogP contribution in [0.5, 0.6) is 0 Å². The van der Waals surface area contributed by atoms with Gasteiger partial charge in [-0.15, -0.1) is 0 Å². The normalized spacial score (nSPS) is 10.8. The molecule has 5 nitrogen and oxygen atoms in total. The fraction of sp³-hybridized carbons (Fsp3) is 0.200. The molecule has 0 bridgehead atoms. The maximum absolute atomic E-state index is 11.1. The fourth-order valence-electron chi connectivity index (χ4n) is 1.50. The number of Topliss-reactive ketones (excluding diaryl/α,β-unsaturated/α-hetero) is 1. The maximum atomic E-state index is 11.1. The summed E-state index contributed by atoms with van der Waals surface area (Å²) in [4.78, 5) is 21.9. The summed E-state index contributed by atoms with van der Waals surface area (Å²) in [6.07, 6.45) is 1.46. The van der Waals surface area contributed by atoms with Crippen molar-refractivity contribution in [2.45, 2.75) is 6.92 Å². The van der Waals surface area contributed by atoms with Crippen molar-refractivity contribution in [1.82, 2.24) is 4.57 Å². The van der Waals surface area contributed by atoms with Crippen molar-refractivity contribution in [3.8, 4) is 0 Å². The second-order valence-corrected chi connectivity index (χ2v) is 3.34. The Morgan fingerprint density at radius 1 is 1.47 bits per heavy atom. The average Bonchev–Trinajstić information content (AvgIpc) is 2.66. The van der Waals surface area contributed by atoms with E-state index in [1.807, 2.05) is 0 Å². The van der Waals surface area contributed by atoms with Gasteiger partial charge in [0, 0.05) is 20.2 Å². The van der Waals surface area contributed by atoms with E-state index in [0.717, 1.165) is 0 Å². The Bertz CT molecular complexity index is 561. The van der Waals surface area contributed by atoms with Gasteiger partial charge >= 0.3 is 5.97 Å². The molecule has 5 heteroatoms. The molecule has 0 aromatic carbocycles. The Morgan fingerprint density at radius 3 is 2.67 bits per heavy atom. The molecule has 0 amide bonds. The number of carbonyl (C=O) groups excluding carboxylic acids is 1. The van der Waals surface area contributed by atoms with Crippen LogP contribution in [0, 0.1) is 0 Å². The lowest BCUT2D eigenvalue weighted by Crippen LogP contribution is -1.94. The highest BCUT2D eigenvalue weighted by molar-refractivity contribution is 6.05. The van der Waals surface area contributed by atoms with E-state index in [-0.39, 0.29) is 17.1 Å². The third kappa shape index (κ3) is 1.32. The number of ketones is 1. The van der Waals surface area contributed by atoms with Crippen molar-refractivity contribution < 1.29 is 19.1 Å². The Kier molecular flexibility index (Phi) is 1.89. The number of hydrogen-bond donors (Lipinski definition) is 1. The zero-order valence-electron chi connectivity index (χ0n) is 8.27. The summed E-state index contributed by atoms with van der Waals surface area (Å²) in [5, 5.41) is 9.36. The van der Waals surface area contributed by atoms with Crippen LogP contribution < -0.4 is 0 Å². The molecule has 2 heterocycles. The molecule has 0 radical (unpaired) electrons. The molecule has 0 fully saturated rings. The predicted molar refractivity (Wildman–Crippen MR) is 52.1 cm³/mol. The van der Waals surface area contributed by atoms with Crippen LogP contribution in [0.3, 0.4) is 0 Å². The SMILES string of the molecule is CC(=O)c1cc2c(C(=O)O)cn(C)c2o1. The minimum absolute atomic E-state index is 0.142. The number of aromatic carboxylic acids is 1. The number of furan rings is 1. The molecule has 0 aliphatic heterocycles. The summed E-state index contributed by atoms with van der Waals surface area (Å²) in [6, 6.07) is 1.46. The van der Waals surface area contributed by atoms with Crippen molar-refractivity contribution in [3.63, 3.8) is 0 Å². The Balaban J connectivity index is 2.75. The highest BCUT2D eigenvalue weighted by Crippen LogP contribution is 2.24. The number of carbonyl (C=O) groups is 2. The fourth-order valence-corrected chi connectivity index (χ4v) is 1.50. The zero-order chi connectivity index (χ0) is 11.2. The first kappa shape index (κ1) is 9.51. The first-order chi connectivity index (χ1) is 7.00. The number of carboxylic acids is 1. The van der Waals surface area contributed by atoms with Crippen LogP contribution in [0.15, 0.2) is 16.7 Å². The van der Waals surface area contributed by atoms with Gasteiger partial charge in [-0.3, -0.25) is 4.79 Å². The summed E-state index contributed by atoms with van der Waals surface area (Å²) in [6.45, 7) is 1.37. The van der Waals surface area contributed by atoms with Gasteiger partial charge in [-0.2, -0.15) is 0 Å². The van der Waals surface area contributed by atoms with E-state index in [9.17, 15) is 9.59 Å². The lowest BCUT2D eigenvalue weighted by molar-refractivity contribution is 0.0698. The summed E-state index contributed by atoms with van der Waals surface area (Å²) in [5.41, 5.74) is 0.543. The second-order valence-electron chi connectivity index (χ2n) is 3.34. The molecular weight excluding hydrogens is 198 g/mol. The van der Waals surface area contributed by atoms with Gasteiger partial charge in [-0.25, -0.2) is 4.79 Å². The topological polar surface area (TPSA) is 72.4 Å². The number of fused-ring (bicyclic) bond motifs is 1. The van der Waals surface area contributed by atoms with Gasteiger partial charge in [0.25, 0.3) is 0 Å². The first-order valence-corrected chi connectivity index (χ1v) is 4.34.